The zero-order valence-electron chi connectivity index (χ0n) is 18.4. The highest BCUT2D eigenvalue weighted by Crippen LogP contribution is 2.38. The quantitative estimate of drug-likeness (QED) is 0.652. The maximum atomic E-state index is 5.87. The SMILES string of the molecule is CCC1=C(OC)N(c2ccc(OC)c(C)c2)[CH]N(c2ccc(OC)c(C)c2)C1C. The van der Waals surface area contributed by atoms with Gasteiger partial charge in [-0.1, -0.05) is 6.92 Å². The van der Waals surface area contributed by atoms with E-state index in [0.717, 1.165) is 46.3 Å². The molecule has 2 aromatic rings. The van der Waals surface area contributed by atoms with Crippen molar-refractivity contribution in [2.24, 2.45) is 0 Å². The molecule has 0 saturated heterocycles. The van der Waals surface area contributed by atoms with Crippen molar-refractivity contribution < 1.29 is 14.2 Å². The van der Waals surface area contributed by atoms with Crippen molar-refractivity contribution in [3.05, 3.63) is 65.7 Å². The molecule has 2 aromatic carbocycles. The first-order chi connectivity index (χ1) is 13.9. The minimum Gasteiger partial charge on any atom is -0.496 e. The topological polar surface area (TPSA) is 34.2 Å². The van der Waals surface area contributed by atoms with Crippen molar-refractivity contribution in [3.8, 4) is 11.5 Å². The van der Waals surface area contributed by atoms with E-state index in [1.165, 1.54) is 5.57 Å². The Hall–Kier alpha value is -2.82. The lowest BCUT2D eigenvalue weighted by molar-refractivity contribution is 0.268. The second-order valence-electron chi connectivity index (χ2n) is 7.26. The summed E-state index contributed by atoms with van der Waals surface area (Å²) < 4.78 is 16.7. The van der Waals surface area contributed by atoms with Crippen LogP contribution in [0.15, 0.2) is 47.9 Å². The van der Waals surface area contributed by atoms with Gasteiger partial charge in [0.1, 0.15) is 18.2 Å². The van der Waals surface area contributed by atoms with E-state index in [2.05, 4.69) is 68.4 Å². The molecule has 5 heteroatoms. The molecule has 0 saturated carbocycles. The first kappa shape index (κ1) is 20.9. The normalized spacial score (nSPS) is 16.9. The third-order valence-electron chi connectivity index (χ3n) is 5.56. The van der Waals surface area contributed by atoms with E-state index in [1.54, 1.807) is 21.3 Å². The van der Waals surface area contributed by atoms with Gasteiger partial charge in [0, 0.05) is 16.9 Å². The fourth-order valence-corrected chi connectivity index (χ4v) is 3.96. The van der Waals surface area contributed by atoms with Crippen molar-refractivity contribution in [3.63, 3.8) is 0 Å². The lowest BCUT2D eigenvalue weighted by Gasteiger charge is -2.43. The minimum absolute atomic E-state index is 0.179. The summed E-state index contributed by atoms with van der Waals surface area (Å²) >= 11 is 0. The molecule has 0 spiro atoms. The highest BCUT2D eigenvalue weighted by atomic mass is 16.5. The number of hydrogen-bond acceptors (Lipinski definition) is 5. The Kier molecular flexibility index (Phi) is 6.26. The molecule has 0 bridgehead atoms. The van der Waals surface area contributed by atoms with Crippen molar-refractivity contribution in [2.75, 3.05) is 31.1 Å². The maximum absolute atomic E-state index is 5.87. The first-order valence-corrected chi connectivity index (χ1v) is 9.94. The van der Waals surface area contributed by atoms with Crippen LogP contribution in [0, 0.1) is 20.5 Å². The average Bonchev–Trinajstić information content (AvgIpc) is 2.73. The lowest BCUT2D eigenvalue weighted by Crippen LogP contribution is -2.45. The van der Waals surface area contributed by atoms with Crippen LogP contribution in [0.3, 0.4) is 0 Å². The number of rotatable bonds is 6. The van der Waals surface area contributed by atoms with Gasteiger partial charge in [-0.05, 0) is 74.7 Å². The number of aryl methyl sites for hydroxylation is 2. The van der Waals surface area contributed by atoms with Gasteiger partial charge in [0.15, 0.2) is 5.88 Å². The second kappa shape index (κ2) is 8.68. The molecule has 1 radical (unpaired) electrons. The Bertz CT molecular complexity index is 907. The Morgan fingerprint density at radius 3 is 1.86 bits per heavy atom. The molecule has 0 aromatic heterocycles. The van der Waals surface area contributed by atoms with Crippen LogP contribution >= 0.6 is 0 Å². The third kappa shape index (κ3) is 3.86. The van der Waals surface area contributed by atoms with Crippen LogP contribution in [0.1, 0.15) is 31.4 Å². The molecule has 1 unspecified atom stereocenters. The molecule has 1 atom stereocenters. The van der Waals surface area contributed by atoms with Gasteiger partial charge in [-0.15, -0.1) is 0 Å². The van der Waals surface area contributed by atoms with Crippen LogP contribution < -0.4 is 19.3 Å². The second-order valence-corrected chi connectivity index (χ2v) is 7.26. The predicted molar refractivity (Wildman–Crippen MR) is 119 cm³/mol. The highest BCUT2D eigenvalue weighted by Gasteiger charge is 2.33. The van der Waals surface area contributed by atoms with Gasteiger partial charge < -0.3 is 19.1 Å². The molecule has 0 N–H and O–H groups in total. The Morgan fingerprint density at radius 2 is 1.38 bits per heavy atom. The van der Waals surface area contributed by atoms with Crippen molar-refractivity contribution >= 4 is 11.4 Å². The molecule has 29 heavy (non-hydrogen) atoms. The third-order valence-corrected chi connectivity index (χ3v) is 5.56. The van der Waals surface area contributed by atoms with Crippen LogP contribution in [0.4, 0.5) is 11.4 Å². The van der Waals surface area contributed by atoms with Gasteiger partial charge in [0.05, 0.1) is 27.4 Å². The molecule has 155 valence electrons. The van der Waals surface area contributed by atoms with Crippen molar-refractivity contribution in [2.45, 2.75) is 40.2 Å². The van der Waals surface area contributed by atoms with E-state index in [-0.39, 0.29) is 6.04 Å². The number of nitrogens with zero attached hydrogens (tertiary/aromatic N) is 2. The molecular weight excluding hydrogens is 364 g/mol. The number of ether oxygens (including phenoxy) is 3. The first-order valence-electron chi connectivity index (χ1n) is 9.94. The Labute approximate surface area is 174 Å². The van der Waals surface area contributed by atoms with Crippen LogP contribution in [-0.2, 0) is 4.74 Å². The number of anilines is 2. The zero-order chi connectivity index (χ0) is 21.1. The predicted octanol–water partition coefficient (Wildman–Crippen LogP) is 5.42. The molecule has 5 nitrogen and oxygen atoms in total. The molecule has 0 amide bonds. The fraction of sp³-hybridized carbons (Fsp3) is 0.375. The van der Waals surface area contributed by atoms with Crippen LogP contribution in [-0.4, -0.2) is 27.4 Å². The fourth-order valence-electron chi connectivity index (χ4n) is 3.96. The largest absolute Gasteiger partial charge is 0.496 e. The van der Waals surface area contributed by atoms with Gasteiger partial charge >= 0.3 is 0 Å². The van der Waals surface area contributed by atoms with Crippen molar-refractivity contribution in [1.82, 2.24) is 0 Å². The summed E-state index contributed by atoms with van der Waals surface area (Å²) in [5.41, 5.74) is 5.59. The summed E-state index contributed by atoms with van der Waals surface area (Å²) in [6.45, 7) is 10.6. The zero-order valence-corrected chi connectivity index (χ0v) is 18.4. The van der Waals surface area contributed by atoms with Crippen LogP contribution in [0.25, 0.3) is 0 Å². The van der Waals surface area contributed by atoms with E-state index >= 15 is 0 Å². The van der Waals surface area contributed by atoms with Gasteiger partial charge in [0.25, 0.3) is 0 Å². The van der Waals surface area contributed by atoms with E-state index in [0.29, 0.717) is 0 Å². The monoisotopic (exact) mass is 395 g/mol. The molecule has 0 fully saturated rings. The molecule has 1 aliphatic heterocycles. The number of methoxy groups -OCH3 is 3. The summed E-state index contributed by atoms with van der Waals surface area (Å²) in [4.78, 5) is 4.40. The average molecular weight is 396 g/mol. The standard InChI is InChI=1S/C24H31N2O3/c1-8-21-18(4)25(19-9-11-22(27-5)16(2)13-19)15-26(24(21)29-7)20-10-12-23(28-6)17(3)14-20/h9-15,18H,8H2,1-7H3. The smallest absolute Gasteiger partial charge is 0.196 e. The summed E-state index contributed by atoms with van der Waals surface area (Å²) in [5, 5.41) is 0. The Morgan fingerprint density at radius 1 is 0.828 bits per heavy atom. The summed E-state index contributed by atoms with van der Waals surface area (Å²) in [6.07, 6.45) is 0.898. The maximum Gasteiger partial charge on any atom is 0.196 e. The summed E-state index contributed by atoms with van der Waals surface area (Å²) in [5.74, 6) is 2.65. The molecule has 3 rings (SSSR count). The number of hydrogen-bond donors (Lipinski definition) is 0. The van der Waals surface area contributed by atoms with E-state index in [4.69, 9.17) is 14.2 Å². The van der Waals surface area contributed by atoms with E-state index < -0.39 is 0 Å². The Balaban J connectivity index is 2.07. The van der Waals surface area contributed by atoms with Crippen LogP contribution in [0.5, 0.6) is 11.5 Å². The lowest BCUT2D eigenvalue weighted by atomic mass is 10.0. The minimum atomic E-state index is 0.179. The van der Waals surface area contributed by atoms with Gasteiger partial charge in [-0.2, -0.15) is 0 Å². The van der Waals surface area contributed by atoms with Gasteiger partial charge in [-0.3, -0.25) is 4.90 Å². The highest BCUT2D eigenvalue weighted by molar-refractivity contribution is 5.65. The number of benzene rings is 2. The van der Waals surface area contributed by atoms with Gasteiger partial charge in [0.2, 0.25) is 0 Å². The summed E-state index contributed by atoms with van der Waals surface area (Å²) in [6, 6.07) is 12.6. The molecule has 1 heterocycles. The molecule has 1 aliphatic rings. The molecular formula is C24H31N2O3. The van der Waals surface area contributed by atoms with E-state index in [9.17, 15) is 0 Å². The van der Waals surface area contributed by atoms with Crippen molar-refractivity contribution in [1.29, 1.82) is 0 Å². The molecule has 0 aliphatic carbocycles. The summed E-state index contributed by atoms with van der Waals surface area (Å²) in [7, 11) is 5.14. The van der Waals surface area contributed by atoms with E-state index in [1.807, 2.05) is 12.1 Å². The van der Waals surface area contributed by atoms with Crippen LogP contribution in [0.2, 0.25) is 0 Å². The van der Waals surface area contributed by atoms with Gasteiger partial charge in [-0.25, -0.2) is 0 Å².